The zero-order valence-corrected chi connectivity index (χ0v) is 18.6. The third-order valence-electron chi connectivity index (χ3n) is 6.76. The van der Waals surface area contributed by atoms with Crippen LogP contribution in [0.4, 0.5) is 8.78 Å². The summed E-state index contributed by atoms with van der Waals surface area (Å²) in [6, 6.07) is 1.37. The average molecular weight is 492 g/mol. The summed E-state index contributed by atoms with van der Waals surface area (Å²) in [5, 5.41) is 12.3. The van der Waals surface area contributed by atoms with Gasteiger partial charge in [0.15, 0.2) is 11.4 Å². The van der Waals surface area contributed by atoms with Crippen molar-refractivity contribution in [1.29, 1.82) is 0 Å². The molecule has 0 spiro atoms. The van der Waals surface area contributed by atoms with Gasteiger partial charge < -0.3 is 24.6 Å². The number of carbonyl (C=O) groups is 2. The van der Waals surface area contributed by atoms with E-state index in [4.69, 9.17) is 16.3 Å². The Labute approximate surface area is 197 Å². The number of ether oxygens (including phenoxy) is 1. The highest BCUT2D eigenvalue weighted by molar-refractivity contribution is 6.30. The lowest BCUT2D eigenvalue weighted by atomic mass is 9.80. The lowest BCUT2D eigenvalue weighted by Crippen LogP contribution is -2.60. The van der Waals surface area contributed by atoms with Crippen LogP contribution >= 0.6 is 11.6 Å². The second-order valence-electron chi connectivity index (χ2n) is 8.58. The molecule has 0 saturated carbocycles. The molecular weight excluding hydrogens is 472 g/mol. The first kappa shape index (κ1) is 22.4. The molecule has 11 heteroatoms. The zero-order valence-electron chi connectivity index (χ0n) is 17.8. The van der Waals surface area contributed by atoms with Crippen LogP contribution in [0.3, 0.4) is 0 Å². The Hall–Kier alpha value is -3.40. The third-order valence-corrected chi connectivity index (χ3v) is 7.11. The maximum Gasteiger partial charge on any atom is 0.274 e. The molecule has 3 aliphatic rings. The number of fused-ring (bicyclic) bond motifs is 2. The molecule has 8 nitrogen and oxygen atoms in total. The van der Waals surface area contributed by atoms with Crippen molar-refractivity contribution in [3.63, 3.8) is 0 Å². The fourth-order valence-electron chi connectivity index (χ4n) is 5.09. The van der Waals surface area contributed by atoms with E-state index in [1.807, 2.05) is 0 Å². The summed E-state index contributed by atoms with van der Waals surface area (Å²) in [6.07, 6.45) is 2.74. The van der Waals surface area contributed by atoms with Crippen LogP contribution in [0.2, 0.25) is 5.02 Å². The van der Waals surface area contributed by atoms with E-state index in [1.54, 1.807) is 4.90 Å². The van der Waals surface area contributed by atoms with Crippen molar-refractivity contribution in [2.45, 2.75) is 31.5 Å². The van der Waals surface area contributed by atoms with Gasteiger partial charge in [-0.2, -0.15) is 0 Å². The first-order valence-corrected chi connectivity index (χ1v) is 11.1. The van der Waals surface area contributed by atoms with E-state index in [0.29, 0.717) is 12.3 Å². The van der Waals surface area contributed by atoms with E-state index in [1.165, 1.54) is 10.8 Å². The van der Waals surface area contributed by atoms with Gasteiger partial charge in [-0.25, -0.2) is 8.78 Å². The molecule has 2 aromatic rings. The smallest absolute Gasteiger partial charge is 0.274 e. The van der Waals surface area contributed by atoms with E-state index < -0.39 is 51.3 Å². The number of piperidine rings is 1. The fourth-order valence-corrected chi connectivity index (χ4v) is 5.27. The van der Waals surface area contributed by atoms with Gasteiger partial charge in [0.05, 0.1) is 17.8 Å². The van der Waals surface area contributed by atoms with Crippen LogP contribution in [0.5, 0.6) is 5.75 Å². The topological polar surface area (TPSA) is 101 Å². The van der Waals surface area contributed by atoms with Gasteiger partial charge in [-0.1, -0.05) is 24.2 Å². The van der Waals surface area contributed by atoms with Crippen LogP contribution in [0.1, 0.15) is 45.3 Å². The highest BCUT2D eigenvalue weighted by atomic mass is 35.5. The Balaban J connectivity index is 1.51. The van der Waals surface area contributed by atoms with Crippen molar-refractivity contribution in [2.24, 2.45) is 5.92 Å². The number of halogens is 3. The Bertz CT molecular complexity index is 1310. The second-order valence-corrected chi connectivity index (χ2v) is 8.95. The number of amides is 2. The minimum absolute atomic E-state index is 0.0860. The van der Waals surface area contributed by atoms with Crippen LogP contribution in [0.15, 0.2) is 35.5 Å². The zero-order chi connectivity index (χ0) is 24.3. The molecule has 5 rings (SSSR count). The summed E-state index contributed by atoms with van der Waals surface area (Å²) in [5.41, 5.74) is -1.73. The minimum Gasteiger partial charge on any atom is -0.503 e. The fraction of sp³-hybridized carbons (Fsp3) is 0.348. The standard InChI is InChI=1S/C23H20ClF2N3O5/c1-10-12-3-2-6-28-18(12)15(9-34-10)29-8-13(20(30)21(31)19(29)23(28)33)22(32)27-7-11-4-5-14(25)16(24)17(11)26/h4-5,8,12,15,18,31H,1-3,6-7,9H2,(H,27,32)/t12-,15-,18?/m0/s1. The van der Waals surface area contributed by atoms with Gasteiger partial charge in [0.25, 0.3) is 11.8 Å². The summed E-state index contributed by atoms with van der Waals surface area (Å²) in [6.45, 7) is 4.21. The van der Waals surface area contributed by atoms with Crippen LogP contribution in [-0.2, 0) is 11.3 Å². The van der Waals surface area contributed by atoms with Gasteiger partial charge in [0.1, 0.15) is 28.8 Å². The van der Waals surface area contributed by atoms with Crippen molar-refractivity contribution in [2.75, 3.05) is 13.2 Å². The van der Waals surface area contributed by atoms with Gasteiger partial charge in [0, 0.05) is 30.8 Å². The molecule has 1 aromatic heterocycles. The molecule has 2 N–H and O–H groups in total. The number of benzene rings is 1. The number of aromatic hydroxyl groups is 1. The van der Waals surface area contributed by atoms with Crippen LogP contribution in [-0.4, -0.2) is 45.6 Å². The Morgan fingerprint density at radius 3 is 2.85 bits per heavy atom. The lowest BCUT2D eigenvalue weighted by Gasteiger charge is -2.52. The monoisotopic (exact) mass is 491 g/mol. The Morgan fingerprint density at radius 1 is 1.32 bits per heavy atom. The van der Waals surface area contributed by atoms with Crippen molar-refractivity contribution in [1.82, 2.24) is 14.8 Å². The quantitative estimate of drug-likeness (QED) is 0.643. The number of nitrogens with one attached hydrogen (secondary N) is 1. The number of carbonyl (C=O) groups excluding carboxylic acids is 2. The molecule has 2 amide bonds. The maximum absolute atomic E-state index is 14.2. The molecule has 178 valence electrons. The highest BCUT2D eigenvalue weighted by Crippen LogP contribution is 2.44. The molecular formula is C23H20ClF2N3O5. The van der Waals surface area contributed by atoms with Gasteiger partial charge in [-0.3, -0.25) is 14.4 Å². The van der Waals surface area contributed by atoms with Crippen molar-refractivity contribution >= 4 is 23.4 Å². The molecule has 4 heterocycles. The van der Waals surface area contributed by atoms with Crippen molar-refractivity contribution in [3.05, 3.63) is 74.4 Å². The first-order chi connectivity index (χ1) is 16.2. The maximum atomic E-state index is 14.2. The average Bonchev–Trinajstić information content (AvgIpc) is 2.83. The van der Waals surface area contributed by atoms with E-state index in [0.717, 1.165) is 25.0 Å². The lowest BCUT2D eigenvalue weighted by molar-refractivity contribution is -0.0312. The second kappa shape index (κ2) is 8.12. The van der Waals surface area contributed by atoms with Crippen molar-refractivity contribution in [3.8, 4) is 5.75 Å². The summed E-state index contributed by atoms with van der Waals surface area (Å²) in [4.78, 5) is 40.5. The van der Waals surface area contributed by atoms with Gasteiger partial charge in [-0.15, -0.1) is 0 Å². The van der Waals surface area contributed by atoms with Crippen LogP contribution in [0, 0.1) is 17.6 Å². The molecule has 0 radical (unpaired) electrons. The van der Waals surface area contributed by atoms with Crippen molar-refractivity contribution < 1.29 is 28.2 Å². The number of hydrogen-bond donors (Lipinski definition) is 2. The first-order valence-electron chi connectivity index (χ1n) is 10.7. The van der Waals surface area contributed by atoms with Crippen LogP contribution in [0.25, 0.3) is 0 Å². The molecule has 3 aliphatic heterocycles. The molecule has 0 bridgehead atoms. The van der Waals surface area contributed by atoms with Gasteiger partial charge in [-0.05, 0) is 18.9 Å². The molecule has 3 atom stereocenters. The highest BCUT2D eigenvalue weighted by Gasteiger charge is 2.50. The van der Waals surface area contributed by atoms with E-state index in [9.17, 15) is 28.3 Å². The number of hydrogen-bond acceptors (Lipinski definition) is 5. The number of aromatic nitrogens is 1. The normalized spacial score (nSPS) is 23.1. The van der Waals surface area contributed by atoms with E-state index in [2.05, 4.69) is 11.9 Å². The molecule has 1 unspecified atom stereocenters. The summed E-state index contributed by atoms with van der Waals surface area (Å²) in [7, 11) is 0. The predicted molar refractivity (Wildman–Crippen MR) is 117 cm³/mol. The summed E-state index contributed by atoms with van der Waals surface area (Å²) >= 11 is 5.57. The van der Waals surface area contributed by atoms with E-state index in [-0.39, 0.29) is 36.4 Å². The largest absolute Gasteiger partial charge is 0.503 e. The summed E-state index contributed by atoms with van der Waals surface area (Å²) < 4.78 is 34.7. The SMILES string of the molecule is C=C1OC[C@H]2C3[C@H]1CCCN3C(=O)c1c(O)c(=O)c(C(=O)NCc3ccc(F)c(Cl)c3F)cn12. The Kier molecular flexibility index (Phi) is 5.35. The van der Waals surface area contributed by atoms with Crippen LogP contribution < -0.4 is 10.7 Å². The molecule has 2 fully saturated rings. The Morgan fingerprint density at radius 2 is 2.09 bits per heavy atom. The molecule has 0 aliphatic carbocycles. The summed E-state index contributed by atoms with van der Waals surface area (Å²) in [5.74, 6) is -3.71. The predicted octanol–water partition coefficient (Wildman–Crippen LogP) is 2.73. The minimum atomic E-state index is -1.03. The van der Waals surface area contributed by atoms with Gasteiger partial charge in [0.2, 0.25) is 5.43 Å². The number of pyridine rings is 1. The third kappa shape index (κ3) is 3.27. The number of rotatable bonds is 3. The molecule has 34 heavy (non-hydrogen) atoms. The van der Waals surface area contributed by atoms with Gasteiger partial charge >= 0.3 is 0 Å². The molecule has 1 aromatic carbocycles. The molecule has 2 saturated heterocycles. The van der Waals surface area contributed by atoms with E-state index >= 15 is 0 Å². The number of nitrogens with zero attached hydrogens (tertiary/aromatic N) is 2.